The summed E-state index contributed by atoms with van der Waals surface area (Å²) in [4.78, 5) is 18.7. The van der Waals surface area contributed by atoms with Crippen molar-refractivity contribution in [3.63, 3.8) is 0 Å². The molecule has 36 heavy (non-hydrogen) atoms. The van der Waals surface area contributed by atoms with E-state index in [1.54, 1.807) is 7.11 Å². The molecule has 0 saturated heterocycles. The second kappa shape index (κ2) is 10.3. The summed E-state index contributed by atoms with van der Waals surface area (Å²) in [5.41, 5.74) is 6.67. The maximum absolute atomic E-state index is 13.7. The molecule has 1 heterocycles. The van der Waals surface area contributed by atoms with Crippen molar-refractivity contribution in [3.8, 4) is 11.4 Å². The van der Waals surface area contributed by atoms with Gasteiger partial charge >= 0.3 is 0 Å². The van der Waals surface area contributed by atoms with Crippen LogP contribution in [0.3, 0.4) is 0 Å². The zero-order chi connectivity index (χ0) is 25.1. The van der Waals surface area contributed by atoms with Gasteiger partial charge in [-0.05, 0) is 73.0 Å². The Hall–Kier alpha value is -4.03. The first-order chi connectivity index (χ1) is 17.5. The molecular formula is C30H27N3O2S. The molecule has 180 valence electrons. The number of amides is 1. The Labute approximate surface area is 215 Å². The van der Waals surface area contributed by atoms with Crippen LogP contribution in [0, 0.1) is 13.8 Å². The van der Waals surface area contributed by atoms with Gasteiger partial charge in [-0.15, -0.1) is 0 Å². The first kappa shape index (κ1) is 23.7. The van der Waals surface area contributed by atoms with Gasteiger partial charge in [-0.1, -0.05) is 66.4 Å². The van der Waals surface area contributed by atoms with Crippen LogP contribution in [-0.4, -0.2) is 22.6 Å². The van der Waals surface area contributed by atoms with E-state index in [0.717, 1.165) is 50.0 Å². The molecule has 0 aliphatic rings. The normalized spacial score (nSPS) is 11.9. The number of rotatable bonds is 7. The number of aryl methyl sites for hydroxylation is 2. The number of imidazole rings is 1. The molecule has 0 spiro atoms. The molecule has 1 atom stereocenters. The maximum Gasteiger partial charge on any atom is 0.242 e. The van der Waals surface area contributed by atoms with Crippen molar-refractivity contribution < 1.29 is 9.53 Å². The third-order valence-corrected chi connectivity index (χ3v) is 7.28. The lowest BCUT2D eigenvalue weighted by atomic mass is 10.1. The SMILES string of the molecule is COc1ccc(-n2c(SC(C(=O)Nc3cc(C)ccc3C)c3ccccc3)nc3ccccc32)cc1. The maximum atomic E-state index is 13.7. The Morgan fingerprint density at radius 3 is 2.39 bits per heavy atom. The smallest absolute Gasteiger partial charge is 0.242 e. The van der Waals surface area contributed by atoms with E-state index >= 15 is 0 Å². The molecule has 5 aromatic rings. The first-order valence-electron chi connectivity index (χ1n) is 11.7. The van der Waals surface area contributed by atoms with E-state index in [9.17, 15) is 4.79 Å². The molecule has 0 saturated carbocycles. The highest BCUT2D eigenvalue weighted by Crippen LogP contribution is 2.39. The number of carbonyl (C=O) groups is 1. The number of para-hydroxylation sites is 2. The lowest BCUT2D eigenvalue weighted by Crippen LogP contribution is -2.20. The topological polar surface area (TPSA) is 56.1 Å². The number of thioether (sulfide) groups is 1. The second-order valence-corrected chi connectivity index (χ2v) is 9.70. The zero-order valence-corrected chi connectivity index (χ0v) is 21.3. The first-order valence-corrected chi connectivity index (χ1v) is 12.6. The number of aromatic nitrogens is 2. The van der Waals surface area contributed by atoms with E-state index in [1.165, 1.54) is 11.8 Å². The van der Waals surface area contributed by atoms with Crippen molar-refractivity contribution in [1.29, 1.82) is 0 Å². The summed E-state index contributed by atoms with van der Waals surface area (Å²) < 4.78 is 7.45. The third kappa shape index (κ3) is 4.86. The van der Waals surface area contributed by atoms with Gasteiger partial charge in [-0.3, -0.25) is 9.36 Å². The number of nitrogens with one attached hydrogen (secondary N) is 1. The summed E-state index contributed by atoms with van der Waals surface area (Å²) in [6.07, 6.45) is 0. The van der Waals surface area contributed by atoms with Crippen LogP contribution >= 0.6 is 11.8 Å². The Balaban J connectivity index is 1.57. The molecule has 0 bridgehead atoms. The molecule has 1 aromatic heterocycles. The minimum atomic E-state index is -0.500. The molecule has 1 N–H and O–H groups in total. The molecule has 1 amide bonds. The fourth-order valence-electron chi connectivity index (χ4n) is 4.14. The molecule has 0 radical (unpaired) electrons. The van der Waals surface area contributed by atoms with Gasteiger partial charge in [0, 0.05) is 11.4 Å². The molecule has 5 nitrogen and oxygen atoms in total. The van der Waals surface area contributed by atoms with Crippen molar-refractivity contribution in [3.05, 3.63) is 114 Å². The number of ether oxygens (including phenoxy) is 1. The summed E-state index contributed by atoms with van der Waals surface area (Å²) in [5.74, 6) is 0.695. The van der Waals surface area contributed by atoms with Crippen LogP contribution in [0.1, 0.15) is 21.9 Å². The molecule has 6 heteroatoms. The number of fused-ring (bicyclic) bond motifs is 1. The summed E-state index contributed by atoms with van der Waals surface area (Å²) in [5, 5.41) is 3.41. The van der Waals surface area contributed by atoms with Gasteiger partial charge in [-0.2, -0.15) is 0 Å². The Morgan fingerprint density at radius 1 is 0.917 bits per heavy atom. The Bertz CT molecular complexity index is 1510. The van der Waals surface area contributed by atoms with Crippen LogP contribution in [0.4, 0.5) is 5.69 Å². The van der Waals surface area contributed by atoms with E-state index < -0.39 is 5.25 Å². The standard InChI is InChI=1S/C30H27N3O2S/c1-20-13-14-21(2)26(19-20)31-29(34)28(22-9-5-4-6-10-22)36-30-32-25-11-7-8-12-27(25)33(30)23-15-17-24(35-3)18-16-23/h4-19,28H,1-3H3,(H,31,34). The number of methoxy groups -OCH3 is 1. The number of carbonyl (C=O) groups excluding carboxylic acids is 1. The summed E-state index contributed by atoms with van der Waals surface area (Å²) in [6.45, 7) is 4.03. The second-order valence-electron chi connectivity index (χ2n) is 8.63. The van der Waals surface area contributed by atoms with E-state index in [0.29, 0.717) is 0 Å². The van der Waals surface area contributed by atoms with Gasteiger partial charge in [0.15, 0.2) is 5.16 Å². The van der Waals surface area contributed by atoms with Gasteiger partial charge < -0.3 is 10.1 Å². The number of anilines is 1. The average molecular weight is 494 g/mol. The molecule has 1 unspecified atom stereocenters. The van der Waals surface area contributed by atoms with Gasteiger partial charge in [0.05, 0.1) is 18.1 Å². The van der Waals surface area contributed by atoms with Crippen LogP contribution in [-0.2, 0) is 4.79 Å². The van der Waals surface area contributed by atoms with Gasteiger partial charge in [0.1, 0.15) is 11.0 Å². The van der Waals surface area contributed by atoms with E-state index in [2.05, 4.69) is 9.88 Å². The van der Waals surface area contributed by atoms with Crippen LogP contribution in [0.15, 0.2) is 102 Å². The molecule has 4 aromatic carbocycles. The monoisotopic (exact) mass is 493 g/mol. The van der Waals surface area contributed by atoms with Crippen molar-refractivity contribution in [1.82, 2.24) is 9.55 Å². The van der Waals surface area contributed by atoms with Crippen LogP contribution < -0.4 is 10.1 Å². The van der Waals surface area contributed by atoms with Crippen molar-refractivity contribution in [2.24, 2.45) is 0 Å². The molecular weight excluding hydrogens is 466 g/mol. The largest absolute Gasteiger partial charge is 0.497 e. The fourth-order valence-corrected chi connectivity index (χ4v) is 5.27. The van der Waals surface area contributed by atoms with Gasteiger partial charge in [0.25, 0.3) is 0 Å². The lowest BCUT2D eigenvalue weighted by Gasteiger charge is -2.19. The molecule has 0 fully saturated rings. The van der Waals surface area contributed by atoms with Crippen LogP contribution in [0.5, 0.6) is 5.75 Å². The molecule has 0 aliphatic heterocycles. The Kier molecular flexibility index (Phi) is 6.78. The predicted molar refractivity (Wildman–Crippen MR) is 147 cm³/mol. The van der Waals surface area contributed by atoms with E-state index in [1.807, 2.05) is 111 Å². The number of benzene rings is 4. The quantitative estimate of drug-likeness (QED) is 0.245. The van der Waals surface area contributed by atoms with E-state index in [-0.39, 0.29) is 5.91 Å². The Morgan fingerprint density at radius 2 is 1.64 bits per heavy atom. The number of nitrogens with zero attached hydrogens (tertiary/aromatic N) is 2. The van der Waals surface area contributed by atoms with Crippen LogP contribution in [0.2, 0.25) is 0 Å². The summed E-state index contributed by atoms with van der Waals surface area (Å²) in [6, 6.07) is 31.8. The molecule has 5 rings (SSSR count). The highest BCUT2D eigenvalue weighted by Gasteiger charge is 2.26. The third-order valence-electron chi connectivity index (χ3n) is 6.08. The minimum Gasteiger partial charge on any atom is -0.497 e. The van der Waals surface area contributed by atoms with Crippen molar-refractivity contribution in [2.75, 3.05) is 12.4 Å². The van der Waals surface area contributed by atoms with Crippen molar-refractivity contribution >= 4 is 34.4 Å². The van der Waals surface area contributed by atoms with Crippen LogP contribution in [0.25, 0.3) is 16.7 Å². The average Bonchev–Trinajstić information content (AvgIpc) is 3.28. The highest BCUT2D eigenvalue weighted by molar-refractivity contribution is 8.00. The summed E-state index contributed by atoms with van der Waals surface area (Å²) in [7, 11) is 1.65. The number of hydrogen-bond donors (Lipinski definition) is 1. The minimum absolute atomic E-state index is 0.0896. The summed E-state index contributed by atoms with van der Waals surface area (Å²) >= 11 is 1.44. The van der Waals surface area contributed by atoms with Crippen molar-refractivity contribution in [2.45, 2.75) is 24.3 Å². The number of hydrogen-bond acceptors (Lipinski definition) is 4. The molecule has 0 aliphatic carbocycles. The van der Waals surface area contributed by atoms with Gasteiger partial charge in [0.2, 0.25) is 5.91 Å². The van der Waals surface area contributed by atoms with E-state index in [4.69, 9.17) is 9.72 Å². The fraction of sp³-hybridized carbons (Fsp3) is 0.133. The predicted octanol–water partition coefficient (Wildman–Crippen LogP) is 7.12. The highest BCUT2D eigenvalue weighted by atomic mass is 32.2. The zero-order valence-electron chi connectivity index (χ0n) is 20.4. The lowest BCUT2D eigenvalue weighted by molar-refractivity contribution is -0.115. The van der Waals surface area contributed by atoms with Gasteiger partial charge in [-0.25, -0.2) is 4.98 Å².